The zero-order chi connectivity index (χ0) is 14.2. The molecule has 1 saturated carbocycles. The van der Waals surface area contributed by atoms with Crippen LogP contribution in [0.2, 0.25) is 0 Å². The first kappa shape index (κ1) is 13.4. The Balaban J connectivity index is 1.50. The average Bonchev–Trinajstić information content (AvgIpc) is 3.05. The number of thiazole rings is 1. The molecule has 2 aliphatic rings. The van der Waals surface area contributed by atoms with E-state index in [4.69, 9.17) is 4.98 Å². The molecule has 0 spiro atoms. The van der Waals surface area contributed by atoms with Gasteiger partial charge in [-0.3, -0.25) is 9.88 Å². The van der Waals surface area contributed by atoms with E-state index in [9.17, 15) is 0 Å². The van der Waals surface area contributed by atoms with Crippen LogP contribution in [0.3, 0.4) is 0 Å². The van der Waals surface area contributed by atoms with E-state index in [2.05, 4.69) is 41.2 Å². The van der Waals surface area contributed by atoms with E-state index in [1.165, 1.54) is 47.8 Å². The Kier molecular flexibility index (Phi) is 3.51. The van der Waals surface area contributed by atoms with E-state index >= 15 is 0 Å². The van der Waals surface area contributed by atoms with Crippen molar-refractivity contribution >= 4 is 11.3 Å². The van der Waals surface area contributed by atoms with Gasteiger partial charge in [0, 0.05) is 29.2 Å². The number of likely N-dealkylation sites (tertiary alicyclic amines) is 1. The summed E-state index contributed by atoms with van der Waals surface area (Å²) in [5, 5.41) is 1.36. The summed E-state index contributed by atoms with van der Waals surface area (Å²) in [4.78, 5) is 13.3. The van der Waals surface area contributed by atoms with Crippen LogP contribution in [0.4, 0.5) is 0 Å². The van der Waals surface area contributed by atoms with Gasteiger partial charge in [0.25, 0.3) is 0 Å². The zero-order valence-electron chi connectivity index (χ0n) is 12.5. The number of pyridine rings is 1. The van der Waals surface area contributed by atoms with Gasteiger partial charge in [0.1, 0.15) is 0 Å². The van der Waals surface area contributed by atoms with Crippen molar-refractivity contribution in [3.05, 3.63) is 45.7 Å². The van der Waals surface area contributed by atoms with Crippen LogP contribution in [0.15, 0.2) is 24.4 Å². The van der Waals surface area contributed by atoms with Gasteiger partial charge in [-0.1, -0.05) is 6.07 Å². The van der Waals surface area contributed by atoms with E-state index in [1.807, 2.05) is 11.3 Å². The smallest absolute Gasteiger partial charge is 0.0959 e. The largest absolute Gasteiger partial charge is 0.290 e. The number of hydrogen-bond acceptors (Lipinski definition) is 4. The maximum absolute atomic E-state index is 4.74. The fourth-order valence-electron chi connectivity index (χ4n) is 3.21. The maximum atomic E-state index is 4.74. The summed E-state index contributed by atoms with van der Waals surface area (Å²) in [7, 11) is 0. The highest BCUT2D eigenvalue weighted by Gasteiger charge is 2.29. The standard InChI is InChI=1S/C17H21N3S/c1-12-4-2-5-15(19-12)16-6-3-9-20(16)11-14-10-18-17(21-14)13-7-8-13/h2,4-5,10,13,16H,3,6-9,11H2,1H3/t16-/m1/s1. The molecule has 0 N–H and O–H groups in total. The monoisotopic (exact) mass is 299 g/mol. The van der Waals surface area contributed by atoms with Gasteiger partial charge in [-0.05, 0) is 51.3 Å². The predicted octanol–water partition coefficient (Wildman–Crippen LogP) is 4.06. The summed E-state index contributed by atoms with van der Waals surface area (Å²) in [6.07, 6.45) is 7.27. The number of nitrogens with zero attached hydrogens (tertiary/aromatic N) is 3. The van der Waals surface area contributed by atoms with Gasteiger partial charge in [-0.2, -0.15) is 0 Å². The van der Waals surface area contributed by atoms with Crippen LogP contribution in [-0.2, 0) is 6.54 Å². The molecule has 2 aromatic rings. The Morgan fingerprint density at radius 3 is 3.00 bits per heavy atom. The average molecular weight is 299 g/mol. The quantitative estimate of drug-likeness (QED) is 0.852. The van der Waals surface area contributed by atoms with Crippen LogP contribution in [0.25, 0.3) is 0 Å². The van der Waals surface area contributed by atoms with E-state index < -0.39 is 0 Å². The molecule has 1 aliphatic heterocycles. The Labute approximate surface area is 130 Å². The normalized spacial score (nSPS) is 22.8. The second kappa shape index (κ2) is 5.50. The molecule has 0 unspecified atom stereocenters. The van der Waals surface area contributed by atoms with Crippen LogP contribution in [0.5, 0.6) is 0 Å². The second-order valence-electron chi connectivity index (χ2n) is 6.27. The van der Waals surface area contributed by atoms with E-state index in [1.54, 1.807) is 0 Å². The molecule has 0 amide bonds. The van der Waals surface area contributed by atoms with E-state index in [-0.39, 0.29) is 0 Å². The lowest BCUT2D eigenvalue weighted by molar-refractivity contribution is 0.246. The highest BCUT2D eigenvalue weighted by Crippen LogP contribution is 2.42. The lowest BCUT2D eigenvalue weighted by Gasteiger charge is -2.23. The van der Waals surface area contributed by atoms with E-state index in [0.717, 1.165) is 18.2 Å². The van der Waals surface area contributed by atoms with Gasteiger partial charge in [0.15, 0.2) is 0 Å². The van der Waals surface area contributed by atoms with Gasteiger partial charge in [0.05, 0.1) is 16.7 Å². The van der Waals surface area contributed by atoms with Crippen molar-refractivity contribution in [2.45, 2.75) is 51.1 Å². The predicted molar refractivity (Wildman–Crippen MR) is 85.4 cm³/mol. The van der Waals surface area contributed by atoms with Crippen LogP contribution in [0, 0.1) is 6.92 Å². The summed E-state index contributed by atoms with van der Waals surface area (Å²) in [5.41, 5.74) is 2.35. The van der Waals surface area contributed by atoms with Gasteiger partial charge >= 0.3 is 0 Å². The Morgan fingerprint density at radius 1 is 1.29 bits per heavy atom. The topological polar surface area (TPSA) is 29.0 Å². The summed E-state index contributed by atoms with van der Waals surface area (Å²) in [5.74, 6) is 0.775. The first-order valence-electron chi connectivity index (χ1n) is 7.92. The molecule has 3 heterocycles. The zero-order valence-corrected chi connectivity index (χ0v) is 13.3. The van der Waals surface area contributed by atoms with Crippen molar-refractivity contribution < 1.29 is 0 Å². The molecule has 3 nitrogen and oxygen atoms in total. The Hall–Kier alpha value is -1.26. The summed E-state index contributed by atoms with van der Waals surface area (Å²) < 4.78 is 0. The first-order chi connectivity index (χ1) is 10.3. The third-order valence-corrected chi connectivity index (χ3v) is 5.62. The van der Waals surface area contributed by atoms with Gasteiger partial charge in [-0.25, -0.2) is 4.98 Å². The third-order valence-electron chi connectivity index (χ3n) is 4.47. The van der Waals surface area contributed by atoms with Crippen molar-refractivity contribution in [1.29, 1.82) is 0 Å². The number of hydrogen-bond donors (Lipinski definition) is 0. The van der Waals surface area contributed by atoms with Crippen molar-refractivity contribution in [3.63, 3.8) is 0 Å². The molecular formula is C17H21N3S. The molecule has 21 heavy (non-hydrogen) atoms. The Morgan fingerprint density at radius 2 is 2.19 bits per heavy atom. The summed E-state index contributed by atoms with van der Waals surface area (Å²) in [6.45, 7) is 4.29. The molecule has 110 valence electrons. The molecule has 1 saturated heterocycles. The molecule has 2 aromatic heterocycles. The molecule has 4 heteroatoms. The highest BCUT2D eigenvalue weighted by atomic mass is 32.1. The van der Waals surface area contributed by atoms with Gasteiger partial charge < -0.3 is 0 Å². The fourth-order valence-corrected chi connectivity index (χ4v) is 4.33. The molecular weight excluding hydrogens is 278 g/mol. The molecule has 2 fully saturated rings. The van der Waals surface area contributed by atoms with Crippen molar-refractivity contribution in [1.82, 2.24) is 14.9 Å². The third kappa shape index (κ3) is 2.87. The number of aromatic nitrogens is 2. The van der Waals surface area contributed by atoms with Crippen LogP contribution in [-0.4, -0.2) is 21.4 Å². The van der Waals surface area contributed by atoms with Crippen LogP contribution in [0.1, 0.15) is 58.9 Å². The second-order valence-corrected chi connectivity index (χ2v) is 7.42. The number of aryl methyl sites for hydroxylation is 1. The summed E-state index contributed by atoms with van der Waals surface area (Å²) in [6, 6.07) is 6.87. The van der Waals surface area contributed by atoms with Crippen molar-refractivity contribution in [2.75, 3.05) is 6.54 Å². The minimum Gasteiger partial charge on any atom is -0.290 e. The Bertz CT molecular complexity index is 632. The highest BCUT2D eigenvalue weighted by molar-refractivity contribution is 7.11. The van der Waals surface area contributed by atoms with E-state index in [0.29, 0.717) is 6.04 Å². The van der Waals surface area contributed by atoms with Crippen LogP contribution >= 0.6 is 11.3 Å². The SMILES string of the molecule is Cc1cccc([C@H]2CCCN2Cc2cnc(C3CC3)s2)n1. The maximum Gasteiger partial charge on any atom is 0.0959 e. The molecule has 0 aromatic carbocycles. The van der Waals surface area contributed by atoms with Crippen LogP contribution < -0.4 is 0 Å². The molecule has 1 aliphatic carbocycles. The van der Waals surface area contributed by atoms with Gasteiger partial charge in [0.2, 0.25) is 0 Å². The lowest BCUT2D eigenvalue weighted by Crippen LogP contribution is -2.23. The minimum atomic E-state index is 0.483. The first-order valence-corrected chi connectivity index (χ1v) is 8.73. The minimum absolute atomic E-state index is 0.483. The lowest BCUT2D eigenvalue weighted by atomic mass is 10.1. The molecule has 0 bridgehead atoms. The van der Waals surface area contributed by atoms with Crippen molar-refractivity contribution in [2.24, 2.45) is 0 Å². The fraction of sp³-hybridized carbons (Fsp3) is 0.529. The number of rotatable bonds is 4. The van der Waals surface area contributed by atoms with Gasteiger partial charge in [-0.15, -0.1) is 11.3 Å². The molecule has 0 radical (unpaired) electrons. The summed E-state index contributed by atoms with van der Waals surface area (Å²) >= 11 is 1.92. The molecule has 4 rings (SSSR count). The molecule has 1 atom stereocenters. The van der Waals surface area contributed by atoms with Crippen molar-refractivity contribution in [3.8, 4) is 0 Å².